The van der Waals surface area contributed by atoms with Gasteiger partial charge in [0.1, 0.15) is 0 Å². The van der Waals surface area contributed by atoms with Crippen LogP contribution in [0.25, 0.3) is 34.3 Å². The van der Waals surface area contributed by atoms with Crippen molar-refractivity contribution in [1.82, 2.24) is 4.57 Å². The molecule has 1 nitrogen and oxygen atoms in total. The zero-order valence-corrected chi connectivity index (χ0v) is 16.7. The monoisotopic (exact) mass is 363 g/mol. The molecule has 0 fully saturated rings. The van der Waals surface area contributed by atoms with Crippen LogP contribution in [0.5, 0.6) is 0 Å². The lowest BCUT2D eigenvalue weighted by atomic mass is 10.0. The molecule has 1 aromatic heterocycles. The molecule has 3 aromatic carbocycles. The van der Waals surface area contributed by atoms with Crippen molar-refractivity contribution in [3.63, 3.8) is 0 Å². The minimum atomic E-state index is 1.12. The number of nitrogens with zero attached hydrogens (tertiary/aromatic N) is 1. The molecule has 0 atom stereocenters. The second-order valence-corrected chi connectivity index (χ2v) is 7.39. The Kier molecular flexibility index (Phi) is 4.75. The Morgan fingerprint density at radius 2 is 1.61 bits per heavy atom. The van der Waals surface area contributed by atoms with E-state index in [4.69, 9.17) is 0 Å². The van der Waals surface area contributed by atoms with Gasteiger partial charge in [0.15, 0.2) is 0 Å². The standard InChI is InChI=1S/C27H25N/c1-5-26-25(18-21(4)22-11-9-10-19(2)16-22)24-17-20(3)14-15-27(24)28(26)23-12-7-6-8-13-23/h5-18H,1H2,2-4H3/b21-18+. The lowest BCUT2D eigenvalue weighted by Crippen LogP contribution is -1.96. The van der Waals surface area contributed by atoms with Gasteiger partial charge in [-0.1, -0.05) is 66.2 Å². The second kappa shape index (κ2) is 7.36. The van der Waals surface area contributed by atoms with Gasteiger partial charge < -0.3 is 4.57 Å². The van der Waals surface area contributed by atoms with E-state index in [1.165, 1.54) is 38.7 Å². The molecule has 4 aromatic rings. The topological polar surface area (TPSA) is 4.93 Å². The Morgan fingerprint density at radius 3 is 2.32 bits per heavy atom. The summed E-state index contributed by atoms with van der Waals surface area (Å²) < 4.78 is 2.30. The molecular weight excluding hydrogens is 338 g/mol. The Hall–Kier alpha value is -3.32. The molecule has 0 spiro atoms. The highest BCUT2D eigenvalue weighted by molar-refractivity contribution is 5.99. The first-order valence-corrected chi connectivity index (χ1v) is 9.67. The maximum atomic E-state index is 4.14. The van der Waals surface area contributed by atoms with E-state index in [1.54, 1.807) is 0 Å². The second-order valence-electron chi connectivity index (χ2n) is 7.39. The summed E-state index contributed by atoms with van der Waals surface area (Å²) in [6.45, 7) is 10.6. The summed E-state index contributed by atoms with van der Waals surface area (Å²) in [6.07, 6.45) is 4.27. The summed E-state index contributed by atoms with van der Waals surface area (Å²) in [5.41, 5.74) is 9.74. The minimum Gasteiger partial charge on any atom is -0.309 e. The van der Waals surface area contributed by atoms with Gasteiger partial charge in [0.2, 0.25) is 0 Å². The first-order chi connectivity index (χ1) is 13.6. The fourth-order valence-corrected chi connectivity index (χ4v) is 3.85. The number of fused-ring (bicyclic) bond motifs is 1. The number of allylic oxidation sites excluding steroid dienone is 1. The molecule has 0 saturated heterocycles. The van der Waals surface area contributed by atoms with Gasteiger partial charge >= 0.3 is 0 Å². The highest BCUT2D eigenvalue weighted by Gasteiger charge is 2.15. The van der Waals surface area contributed by atoms with Gasteiger partial charge in [-0.15, -0.1) is 0 Å². The van der Waals surface area contributed by atoms with E-state index in [9.17, 15) is 0 Å². The van der Waals surface area contributed by atoms with Crippen LogP contribution in [-0.2, 0) is 0 Å². The molecule has 1 heterocycles. The molecular formula is C27H25N. The zero-order valence-electron chi connectivity index (χ0n) is 16.7. The van der Waals surface area contributed by atoms with Crippen LogP contribution >= 0.6 is 0 Å². The van der Waals surface area contributed by atoms with E-state index in [0.29, 0.717) is 0 Å². The summed E-state index contributed by atoms with van der Waals surface area (Å²) in [5.74, 6) is 0. The number of hydrogen-bond donors (Lipinski definition) is 0. The summed E-state index contributed by atoms with van der Waals surface area (Å²) >= 11 is 0. The number of aromatic nitrogens is 1. The Labute approximate surface area is 167 Å². The van der Waals surface area contributed by atoms with Crippen LogP contribution in [-0.4, -0.2) is 4.57 Å². The van der Waals surface area contributed by atoms with E-state index in [2.05, 4.69) is 111 Å². The van der Waals surface area contributed by atoms with E-state index >= 15 is 0 Å². The number of aryl methyl sites for hydroxylation is 2. The number of rotatable bonds is 4. The molecule has 0 N–H and O–H groups in total. The van der Waals surface area contributed by atoms with Crippen LogP contribution in [0.1, 0.15) is 34.9 Å². The molecule has 1 heteroatoms. The maximum absolute atomic E-state index is 4.14. The fraction of sp³-hybridized carbons (Fsp3) is 0.111. The average Bonchev–Trinajstić information content (AvgIpc) is 3.01. The summed E-state index contributed by atoms with van der Waals surface area (Å²) in [7, 11) is 0. The molecule has 0 bridgehead atoms. The van der Waals surface area contributed by atoms with Crippen LogP contribution < -0.4 is 0 Å². The number of para-hydroxylation sites is 1. The van der Waals surface area contributed by atoms with Crippen molar-refractivity contribution in [2.75, 3.05) is 0 Å². The van der Waals surface area contributed by atoms with Gasteiger partial charge in [-0.2, -0.15) is 0 Å². The molecule has 138 valence electrons. The predicted octanol–water partition coefficient (Wildman–Crippen LogP) is 7.45. The van der Waals surface area contributed by atoms with Crippen LogP contribution in [0.2, 0.25) is 0 Å². The van der Waals surface area contributed by atoms with Gasteiger partial charge in [0.05, 0.1) is 11.2 Å². The summed E-state index contributed by atoms with van der Waals surface area (Å²) in [5, 5.41) is 1.26. The molecule has 0 saturated carbocycles. The van der Waals surface area contributed by atoms with E-state index in [-0.39, 0.29) is 0 Å². The Bertz CT molecular complexity index is 1190. The average molecular weight is 364 g/mol. The molecule has 0 unspecified atom stereocenters. The first-order valence-electron chi connectivity index (χ1n) is 9.67. The maximum Gasteiger partial charge on any atom is 0.0541 e. The summed E-state index contributed by atoms with van der Waals surface area (Å²) in [6, 6.07) is 25.8. The minimum absolute atomic E-state index is 1.12. The predicted molar refractivity (Wildman–Crippen MR) is 123 cm³/mol. The molecule has 0 aliphatic heterocycles. The van der Waals surface area contributed by atoms with Crippen molar-refractivity contribution in [3.8, 4) is 5.69 Å². The third-order valence-electron chi connectivity index (χ3n) is 5.24. The summed E-state index contributed by atoms with van der Waals surface area (Å²) in [4.78, 5) is 0. The van der Waals surface area contributed by atoms with Crippen molar-refractivity contribution in [2.45, 2.75) is 20.8 Å². The smallest absolute Gasteiger partial charge is 0.0541 e. The highest BCUT2D eigenvalue weighted by atomic mass is 15.0. The Balaban J connectivity index is 2.02. The van der Waals surface area contributed by atoms with Gasteiger partial charge in [0.25, 0.3) is 0 Å². The van der Waals surface area contributed by atoms with Crippen molar-refractivity contribution in [2.24, 2.45) is 0 Å². The molecule has 0 aliphatic carbocycles. The molecule has 28 heavy (non-hydrogen) atoms. The SMILES string of the molecule is C=Cc1c(/C=C(\C)c2cccc(C)c2)c2cc(C)ccc2n1-c1ccccc1. The van der Waals surface area contributed by atoms with E-state index in [1.807, 2.05) is 6.08 Å². The zero-order chi connectivity index (χ0) is 19.7. The fourth-order valence-electron chi connectivity index (χ4n) is 3.85. The normalized spacial score (nSPS) is 11.8. The number of benzene rings is 3. The van der Waals surface area contributed by atoms with Gasteiger partial charge in [-0.3, -0.25) is 0 Å². The quantitative estimate of drug-likeness (QED) is 0.355. The number of hydrogen-bond acceptors (Lipinski definition) is 0. The van der Waals surface area contributed by atoms with Crippen LogP contribution in [0, 0.1) is 13.8 Å². The van der Waals surface area contributed by atoms with Crippen LogP contribution in [0.4, 0.5) is 0 Å². The van der Waals surface area contributed by atoms with E-state index in [0.717, 1.165) is 11.4 Å². The van der Waals surface area contributed by atoms with Crippen molar-refractivity contribution >= 4 is 28.6 Å². The third kappa shape index (κ3) is 3.20. The lowest BCUT2D eigenvalue weighted by Gasteiger charge is -2.09. The Morgan fingerprint density at radius 1 is 0.857 bits per heavy atom. The third-order valence-corrected chi connectivity index (χ3v) is 5.24. The molecule has 4 rings (SSSR count). The van der Waals surface area contributed by atoms with Crippen molar-refractivity contribution in [1.29, 1.82) is 0 Å². The van der Waals surface area contributed by atoms with Crippen LogP contribution in [0.15, 0.2) is 79.4 Å². The van der Waals surface area contributed by atoms with Crippen molar-refractivity contribution < 1.29 is 0 Å². The highest BCUT2D eigenvalue weighted by Crippen LogP contribution is 2.34. The molecule has 0 aliphatic rings. The first kappa shape index (κ1) is 18.1. The molecule has 0 amide bonds. The van der Waals surface area contributed by atoms with Gasteiger partial charge in [-0.25, -0.2) is 0 Å². The van der Waals surface area contributed by atoms with Crippen LogP contribution in [0.3, 0.4) is 0 Å². The van der Waals surface area contributed by atoms with E-state index < -0.39 is 0 Å². The largest absolute Gasteiger partial charge is 0.309 e. The van der Waals surface area contributed by atoms with Gasteiger partial charge in [0, 0.05) is 16.6 Å². The lowest BCUT2D eigenvalue weighted by molar-refractivity contribution is 1.11. The van der Waals surface area contributed by atoms with Crippen molar-refractivity contribution in [3.05, 3.63) is 107 Å². The molecule has 0 radical (unpaired) electrons. The van der Waals surface area contributed by atoms with Gasteiger partial charge in [-0.05, 0) is 68.3 Å².